The van der Waals surface area contributed by atoms with Crippen LogP contribution in [-0.4, -0.2) is 11.7 Å². The highest BCUT2D eigenvalue weighted by Gasteiger charge is 2.49. The molecule has 3 aromatic rings. The number of hydrogen-bond acceptors (Lipinski definition) is 3. The summed E-state index contributed by atoms with van der Waals surface area (Å²) in [6.07, 6.45) is 0. The van der Waals surface area contributed by atoms with Crippen LogP contribution in [0.3, 0.4) is 0 Å². The molecule has 1 atom stereocenters. The number of carbonyl (C=O) groups excluding carboxylic acids is 2. The SMILES string of the molecule is Cc1cccc(-c2c(Cl)sc3c2C(=O)C(C)(c2ccc(F)cc2)C(=O)N3)c1. The first-order valence-corrected chi connectivity index (χ1v) is 9.53. The molecule has 6 heteroatoms. The maximum Gasteiger partial charge on any atom is 0.243 e. The molecule has 0 saturated carbocycles. The molecule has 0 fully saturated rings. The summed E-state index contributed by atoms with van der Waals surface area (Å²) in [6.45, 7) is 3.52. The molecule has 2 aromatic carbocycles. The molecule has 1 aliphatic rings. The lowest BCUT2D eigenvalue weighted by Gasteiger charge is -2.31. The van der Waals surface area contributed by atoms with Gasteiger partial charge in [-0.2, -0.15) is 0 Å². The molecule has 0 bridgehead atoms. The van der Waals surface area contributed by atoms with Crippen LogP contribution in [0.1, 0.15) is 28.4 Å². The lowest BCUT2D eigenvalue weighted by Crippen LogP contribution is -2.48. The van der Waals surface area contributed by atoms with Gasteiger partial charge in [-0.15, -0.1) is 11.3 Å². The number of halogens is 2. The van der Waals surface area contributed by atoms with Crippen LogP contribution >= 0.6 is 22.9 Å². The van der Waals surface area contributed by atoms with E-state index in [2.05, 4.69) is 5.32 Å². The molecule has 0 aliphatic carbocycles. The number of thiophene rings is 1. The first kappa shape index (κ1) is 17.9. The molecular formula is C21H15ClFNO2S. The summed E-state index contributed by atoms with van der Waals surface area (Å²) < 4.78 is 13.8. The van der Waals surface area contributed by atoms with Crippen LogP contribution in [0.2, 0.25) is 4.34 Å². The molecule has 0 saturated heterocycles. The second-order valence-electron chi connectivity index (χ2n) is 6.74. The van der Waals surface area contributed by atoms with Crippen LogP contribution in [-0.2, 0) is 10.2 Å². The molecule has 2 heterocycles. The summed E-state index contributed by atoms with van der Waals surface area (Å²) >= 11 is 7.64. The highest BCUT2D eigenvalue weighted by atomic mass is 35.5. The van der Waals surface area contributed by atoms with Crippen LogP contribution in [0.5, 0.6) is 0 Å². The van der Waals surface area contributed by atoms with Crippen molar-refractivity contribution >= 4 is 39.6 Å². The Morgan fingerprint density at radius 3 is 2.44 bits per heavy atom. The second-order valence-corrected chi connectivity index (χ2v) is 8.36. The molecule has 27 heavy (non-hydrogen) atoms. The molecule has 4 rings (SSSR count). The third-order valence-corrected chi connectivity index (χ3v) is 6.27. The largest absolute Gasteiger partial charge is 0.316 e. The van der Waals surface area contributed by atoms with E-state index >= 15 is 0 Å². The van der Waals surface area contributed by atoms with E-state index < -0.39 is 17.1 Å². The number of benzene rings is 2. The maximum atomic E-state index is 13.5. The van der Waals surface area contributed by atoms with Gasteiger partial charge >= 0.3 is 0 Å². The Hall–Kier alpha value is -2.50. The molecule has 136 valence electrons. The van der Waals surface area contributed by atoms with Crippen LogP contribution < -0.4 is 5.32 Å². The number of nitrogens with one attached hydrogen (secondary N) is 1. The zero-order chi connectivity index (χ0) is 19.3. The quantitative estimate of drug-likeness (QED) is 0.569. The summed E-state index contributed by atoms with van der Waals surface area (Å²) in [4.78, 5) is 26.3. The van der Waals surface area contributed by atoms with Gasteiger partial charge in [-0.1, -0.05) is 53.6 Å². The molecule has 3 nitrogen and oxygen atoms in total. The molecule has 1 N–H and O–H groups in total. The van der Waals surface area contributed by atoms with Crippen LogP contribution in [0.15, 0.2) is 48.5 Å². The first-order chi connectivity index (χ1) is 12.8. The number of ketones is 1. The first-order valence-electron chi connectivity index (χ1n) is 8.34. The number of aryl methyl sites for hydroxylation is 1. The Labute approximate surface area is 164 Å². The Balaban J connectivity index is 1.93. The number of rotatable bonds is 2. The average Bonchev–Trinajstić information content (AvgIpc) is 2.96. The van der Waals surface area contributed by atoms with Gasteiger partial charge in [-0.3, -0.25) is 9.59 Å². The van der Waals surface area contributed by atoms with E-state index in [-0.39, 0.29) is 5.78 Å². The van der Waals surface area contributed by atoms with E-state index in [1.54, 1.807) is 6.92 Å². The number of anilines is 1. The zero-order valence-corrected chi connectivity index (χ0v) is 16.2. The van der Waals surface area contributed by atoms with E-state index in [1.165, 1.54) is 35.6 Å². The Morgan fingerprint density at radius 2 is 1.78 bits per heavy atom. The van der Waals surface area contributed by atoms with E-state index in [4.69, 9.17) is 11.6 Å². The number of carbonyl (C=O) groups is 2. The fraction of sp³-hybridized carbons (Fsp3) is 0.143. The Kier molecular flexibility index (Phi) is 4.17. The van der Waals surface area contributed by atoms with E-state index in [0.717, 1.165) is 11.1 Å². The summed E-state index contributed by atoms with van der Waals surface area (Å²) in [6, 6.07) is 13.1. The lowest BCUT2D eigenvalue weighted by molar-refractivity contribution is -0.119. The van der Waals surface area contributed by atoms with Gasteiger partial charge in [0, 0.05) is 5.56 Å². The van der Waals surface area contributed by atoms with E-state index in [9.17, 15) is 14.0 Å². The van der Waals surface area contributed by atoms with Crippen molar-refractivity contribution in [1.82, 2.24) is 0 Å². The third kappa shape index (κ3) is 2.69. The van der Waals surface area contributed by atoms with E-state index in [0.29, 0.717) is 26.0 Å². The standard InChI is InChI=1S/C21H15ClFNO2S/c1-11-4-3-5-12(10-11)15-16-17(25)21(2,13-6-8-14(23)9-7-13)20(26)24-19(16)27-18(15)22/h3-10H,1-2H3,(H,24,26). The highest BCUT2D eigenvalue weighted by Crippen LogP contribution is 2.49. The fourth-order valence-corrected chi connectivity index (χ4v) is 4.77. The fourth-order valence-electron chi connectivity index (χ4n) is 3.39. The topological polar surface area (TPSA) is 46.2 Å². The third-order valence-electron chi connectivity index (χ3n) is 4.96. The highest BCUT2D eigenvalue weighted by molar-refractivity contribution is 7.21. The molecule has 1 aliphatic heterocycles. The second kappa shape index (κ2) is 6.29. The lowest BCUT2D eigenvalue weighted by atomic mass is 9.73. The van der Waals surface area contributed by atoms with Crippen LogP contribution in [0.4, 0.5) is 9.39 Å². The van der Waals surface area contributed by atoms with E-state index in [1.807, 2.05) is 31.2 Å². The van der Waals surface area contributed by atoms with Crippen molar-refractivity contribution in [3.63, 3.8) is 0 Å². The van der Waals surface area contributed by atoms with Crippen molar-refractivity contribution in [2.75, 3.05) is 5.32 Å². The van der Waals surface area contributed by atoms with Crippen molar-refractivity contribution in [3.8, 4) is 11.1 Å². The van der Waals surface area contributed by atoms with Crippen molar-refractivity contribution in [1.29, 1.82) is 0 Å². The molecule has 0 spiro atoms. The van der Waals surface area contributed by atoms with Crippen molar-refractivity contribution < 1.29 is 14.0 Å². The Morgan fingerprint density at radius 1 is 1.07 bits per heavy atom. The van der Waals surface area contributed by atoms with Gasteiger partial charge < -0.3 is 5.32 Å². The summed E-state index contributed by atoms with van der Waals surface area (Å²) in [5.41, 5.74) is 1.87. The molecular weight excluding hydrogens is 385 g/mol. The Bertz CT molecular complexity index is 1090. The van der Waals surface area contributed by atoms with Crippen molar-refractivity contribution in [3.05, 3.63) is 75.4 Å². The summed E-state index contributed by atoms with van der Waals surface area (Å²) in [5.74, 6) is -1.21. The van der Waals surface area contributed by atoms with Gasteiger partial charge in [0.15, 0.2) is 5.78 Å². The number of amides is 1. The minimum atomic E-state index is -1.45. The van der Waals surface area contributed by atoms with Crippen molar-refractivity contribution in [2.24, 2.45) is 0 Å². The minimum absolute atomic E-state index is 0.340. The smallest absolute Gasteiger partial charge is 0.243 e. The van der Waals surface area contributed by atoms with Gasteiger partial charge in [0.05, 0.1) is 5.56 Å². The van der Waals surface area contributed by atoms with Gasteiger partial charge in [0.2, 0.25) is 5.91 Å². The normalized spacial score (nSPS) is 19.0. The number of hydrogen-bond donors (Lipinski definition) is 1. The summed E-state index contributed by atoms with van der Waals surface area (Å²) in [7, 11) is 0. The minimum Gasteiger partial charge on any atom is -0.316 e. The molecule has 1 aromatic heterocycles. The number of fused-ring (bicyclic) bond motifs is 1. The molecule has 1 unspecified atom stereocenters. The number of Topliss-reactive ketones (excluding diaryl/α,β-unsaturated/α-hetero) is 1. The van der Waals surface area contributed by atoms with Gasteiger partial charge in [-0.25, -0.2) is 4.39 Å². The van der Waals surface area contributed by atoms with Gasteiger partial charge in [0.1, 0.15) is 20.6 Å². The predicted molar refractivity (Wildman–Crippen MR) is 106 cm³/mol. The zero-order valence-electron chi connectivity index (χ0n) is 14.6. The monoisotopic (exact) mass is 399 g/mol. The maximum absolute atomic E-state index is 13.5. The molecule has 1 amide bonds. The van der Waals surface area contributed by atoms with Gasteiger partial charge in [0.25, 0.3) is 0 Å². The van der Waals surface area contributed by atoms with Crippen LogP contribution in [0.25, 0.3) is 11.1 Å². The van der Waals surface area contributed by atoms with Crippen molar-refractivity contribution in [2.45, 2.75) is 19.3 Å². The predicted octanol–water partition coefficient (Wildman–Crippen LogP) is 5.61. The summed E-state index contributed by atoms with van der Waals surface area (Å²) in [5, 5.41) is 3.27. The van der Waals surface area contributed by atoms with Gasteiger partial charge in [-0.05, 0) is 37.1 Å². The van der Waals surface area contributed by atoms with Crippen LogP contribution in [0, 0.1) is 12.7 Å². The average molecular weight is 400 g/mol. The molecule has 0 radical (unpaired) electrons.